The number of aliphatic hydroxyl groups excluding tert-OH is 1. The van der Waals surface area contributed by atoms with Gasteiger partial charge in [0.15, 0.2) is 0 Å². The van der Waals surface area contributed by atoms with Crippen molar-refractivity contribution in [1.29, 1.82) is 0 Å². The Morgan fingerprint density at radius 1 is 1.47 bits per heavy atom. The van der Waals surface area contributed by atoms with Crippen molar-refractivity contribution >= 4 is 11.3 Å². The second-order valence-corrected chi connectivity index (χ2v) is 4.94. The molecule has 3 heteroatoms. The van der Waals surface area contributed by atoms with Gasteiger partial charge in [0.1, 0.15) is 0 Å². The van der Waals surface area contributed by atoms with Crippen LogP contribution in [0.5, 0.6) is 0 Å². The Balaban J connectivity index is 1.97. The summed E-state index contributed by atoms with van der Waals surface area (Å²) >= 11 is 1.85. The number of nitrogens with one attached hydrogen (secondary N) is 1. The van der Waals surface area contributed by atoms with Crippen LogP contribution in [0.25, 0.3) is 0 Å². The molecule has 0 amide bonds. The second-order valence-electron chi connectivity index (χ2n) is 3.90. The molecule has 0 saturated heterocycles. The van der Waals surface area contributed by atoms with Crippen molar-refractivity contribution in [3.05, 3.63) is 22.4 Å². The van der Waals surface area contributed by atoms with E-state index in [1.807, 2.05) is 11.3 Å². The molecule has 0 fully saturated rings. The minimum absolute atomic E-state index is 0.236. The van der Waals surface area contributed by atoms with E-state index in [9.17, 15) is 0 Å². The van der Waals surface area contributed by atoms with E-state index in [1.165, 1.54) is 30.6 Å². The zero-order chi connectivity index (χ0) is 10.9. The molecule has 86 valence electrons. The number of rotatable bonds is 8. The lowest BCUT2D eigenvalue weighted by Gasteiger charge is -2.11. The van der Waals surface area contributed by atoms with Crippen LogP contribution in [0.15, 0.2) is 17.5 Å². The van der Waals surface area contributed by atoms with Gasteiger partial charge in [-0.2, -0.15) is 0 Å². The number of hydrogen-bond donors (Lipinski definition) is 2. The summed E-state index contributed by atoms with van der Waals surface area (Å²) in [5.41, 5.74) is 0. The third kappa shape index (κ3) is 5.92. The molecule has 0 radical (unpaired) electrons. The fraction of sp³-hybridized carbons (Fsp3) is 0.667. The SMILES string of the molecule is CC(CCCCc1cccs1)NCCO. The molecule has 2 nitrogen and oxygen atoms in total. The fourth-order valence-corrected chi connectivity index (χ4v) is 2.37. The van der Waals surface area contributed by atoms with Gasteiger partial charge < -0.3 is 10.4 Å². The quantitative estimate of drug-likeness (QED) is 0.669. The van der Waals surface area contributed by atoms with E-state index in [2.05, 4.69) is 29.8 Å². The third-order valence-electron chi connectivity index (χ3n) is 2.50. The monoisotopic (exact) mass is 227 g/mol. The maximum atomic E-state index is 8.65. The van der Waals surface area contributed by atoms with E-state index >= 15 is 0 Å². The second kappa shape index (κ2) is 7.85. The van der Waals surface area contributed by atoms with Crippen LogP contribution in [0.1, 0.15) is 31.1 Å². The smallest absolute Gasteiger partial charge is 0.0556 e. The van der Waals surface area contributed by atoms with Crippen LogP contribution in [0.2, 0.25) is 0 Å². The number of aryl methyl sites for hydroxylation is 1. The van der Waals surface area contributed by atoms with Gasteiger partial charge in [0.25, 0.3) is 0 Å². The van der Waals surface area contributed by atoms with Crippen molar-refractivity contribution in [1.82, 2.24) is 5.32 Å². The molecule has 0 saturated carbocycles. The maximum Gasteiger partial charge on any atom is 0.0556 e. The van der Waals surface area contributed by atoms with Crippen LogP contribution in [0, 0.1) is 0 Å². The zero-order valence-corrected chi connectivity index (χ0v) is 10.2. The highest BCUT2D eigenvalue weighted by molar-refractivity contribution is 7.09. The lowest BCUT2D eigenvalue weighted by atomic mass is 10.1. The van der Waals surface area contributed by atoms with Crippen LogP contribution in [-0.4, -0.2) is 24.3 Å². The molecule has 0 aliphatic rings. The van der Waals surface area contributed by atoms with E-state index in [0.29, 0.717) is 12.6 Å². The van der Waals surface area contributed by atoms with E-state index in [-0.39, 0.29) is 6.61 Å². The number of thiophene rings is 1. The standard InChI is InChI=1S/C12H21NOS/c1-11(13-8-9-14)5-2-3-6-12-7-4-10-15-12/h4,7,10-11,13-14H,2-3,5-6,8-9H2,1H3. The first-order valence-corrected chi connectivity index (χ1v) is 6.57. The number of hydrogen-bond acceptors (Lipinski definition) is 3. The molecule has 0 aliphatic heterocycles. The van der Waals surface area contributed by atoms with Gasteiger partial charge in [-0.3, -0.25) is 0 Å². The minimum atomic E-state index is 0.236. The van der Waals surface area contributed by atoms with Crippen LogP contribution < -0.4 is 5.32 Å². The molecule has 0 aromatic carbocycles. The molecule has 1 aromatic heterocycles. The lowest BCUT2D eigenvalue weighted by molar-refractivity contribution is 0.283. The summed E-state index contributed by atoms with van der Waals surface area (Å²) in [4.78, 5) is 1.49. The number of unbranched alkanes of at least 4 members (excludes halogenated alkanes) is 1. The van der Waals surface area contributed by atoms with Crippen molar-refractivity contribution < 1.29 is 5.11 Å². The Kier molecular flexibility index (Phi) is 6.64. The highest BCUT2D eigenvalue weighted by atomic mass is 32.1. The molecule has 1 rings (SSSR count). The summed E-state index contributed by atoms with van der Waals surface area (Å²) in [6, 6.07) is 4.85. The molecular weight excluding hydrogens is 206 g/mol. The Morgan fingerprint density at radius 3 is 3.00 bits per heavy atom. The van der Waals surface area contributed by atoms with Gasteiger partial charge in [0, 0.05) is 17.5 Å². The highest BCUT2D eigenvalue weighted by Crippen LogP contribution is 2.13. The molecule has 0 spiro atoms. The molecule has 1 heterocycles. The summed E-state index contributed by atoms with van der Waals surface area (Å²) in [6.45, 7) is 3.13. The fourth-order valence-electron chi connectivity index (χ4n) is 1.62. The van der Waals surface area contributed by atoms with Crippen molar-refractivity contribution in [3.63, 3.8) is 0 Å². The van der Waals surface area contributed by atoms with Crippen LogP contribution >= 0.6 is 11.3 Å². The Labute approximate surface area is 96.3 Å². The molecule has 1 aromatic rings. The maximum absolute atomic E-state index is 8.65. The largest absolute Gasteiger partial charge is 0.395 e. The Bertz CT molecular complexity index is 236. The number of aliphatic hydroxyl groups is 1. The topological polar surface area (TPSA) is 32.3 Å². The van der Waals surface area contributed by atoms with Crippen molar-refractivity contribution in [2.75, 3.05) is 13.2 Å². The van der Waals surface area contributed by atoms with Gasteiger partial charge in [0.05, 0.1) is 6.61 Å². The van der Waals surface area contributed by atoms with Gasteiger partial charge >= 0.3 is 0 Å². The van der Waals surface area contributed by atoms with Gasteiger partial charge in [-0.1, -0.05) is 12.5 Å². The van der Waals surface area contributed by atoms with Gasteiger partial charge in [0.2, 0.25) is 0 Å². The van der Waals surface area contributed by atoms with E-state index in [4.69, 9.17) is 5.11 Å². The zero-order valence-electron chi connectivity index (χ0n) is 9.41. The van der Waals surface area contributed by atoms with Gasteiger partial charge in [-0.05, 0) is 37.6 Å². The summed E-state index contributed by atoms with van der Waals surface area (Å²) in [5.74, 6) is 0. The molecule has 15 heavy (non-hydrogen) atoms. The first-order valence-electron chi connectivity index (χ1n) is 5.69. The van der Waals surface area contributed by atoms with Crippen molar-refractivity contribution in [2.24, 2.45) is 0 Å². The van der Waals surface area contributed by atoms with Crippen molar-refractivity contribution in [3.8, 4) is 0 Å². The molecule has 1 unspecified atom stereocenters. The van der Waals surface area contributed by atoms with Crippen LogP contribution in [-0.2, 0) is 6.42 Å². The van der Waals surface area contributed by atoms with Crippen molar-refractivity contribution in [2.45, 2.75) is 38.6 Å². The van der Waals surface area contributed by atoms with Gasteiger partial charge in [-0.25, -0.2) is 0 Å². The predicted octanol–water partition coefficient (Wildman–Crippen LogP) is 2.43. The van der Waals surface area contributed by atoms with E-state index in [1.54, 1.807) is 0 Å². The summed E-state index contributed by atoms with van der Waals surface area (Å²) < 4.78 is 0. The Hall–Kier alpha value is -0.380. The lowest BCUT2D eigenvalue weighted by Crippen LogP contribution is -2.28. The first-order chi connectivity index (χ1) is 7.33. The molecular formula is C12H21NOS. The first kappa shape index (κ1) is 12.7. The highest BCUT2D eigenvalue weighted by Gasteiger charge is 2.00. The Morgan fingerprint density at radius 2 is 2.33 bits per heavy atom. The summed E-state index contributed by atoms with van der Waals surface area (Å²) in [6.07, 6.45) is 4.94. The van der Waals surface area contributed by atoms with Crippen LogP contribution in [0.3, 0.4) is 0 Å². The van der Waals surface area contributed by atoms with E-state index in [0.717, 1.165) is 0 Å². The molecule has 0 bridgehead atoms. The summed E-state index contributed by atoms with van der Waals surface area (Å²) in [5, 5.41) is 14.1. The molecule has 2 N–H and O–H groups in total. The van der Waals surface area contributed by atoms with E-state index < -0.39 is 0 Å². The average molecular weight is 227 g/mol. The predicted molar refractivity (Wildman–Crippen MR) is 66.4 cm³/mol. The molecule has 0 aliphatic carbocycles. The minimum Gasteiger partial charge on any atom is -0.395 e. The third-order valence-corrected chi connectivity index (χ3v) is 3.43. The molecule has 1 atom stereocenters. The summed E-state index contributed by atoms with van der Waals surface area (Å²) in [7, 11) is 0. The normalized spacial score (nSPS) is 12.9. The van der Waals surface area contributed by atoms with Crippen LogP contribution in [0.4, 0.5) is 0 Å². The average Bonchev–Trinajstić information content (AvgIpc) is 2.74. The van der Waals surface area contributed by atoms with Gasteiger partial charge in [-0.15, -0.1) is 11.3 Å².